The first-order valence-electron chi connectivity index (χ1n) is 9.61. The summed E-state index contributed by atoms with van der Waals surface area (Å²) in [5.74, 6) is 1.07. The van der Waals surface area contributed by atoms with Gasteiger partial charge in [-0.25, -0.2) is 4.79 Å². The fourth-order valence-corrected chi connectivity index (χ4v) is 4.31. The van der Waals surface area contributed by atoms with Crippen LogP contribution in [0, 0.1) is 6.92 Å². The molecule has 1 aromatic rings. The fraction of sp³-hybridized carbons (Fsp3) is 0.522. The van der Waals surface area contributed by atoms with Crippen LogP contribution in [0.25, 0.3) is 5.57 Å². The lowest BCUT2D eigenvalue weighted by atomic mass is 9.93. The molecule has 3 heterocycles. The predicted octanol–water partition coefficient (Wildman–Crippen LogP) is 4.59. The summed E-state index contributed by atoms with van der Waals surface area (Å²) in [7, 11) is 1.55. The zero-order valence-corrected chi connectivity index (χ0v) is 18.0. The second kappa shape index (κ2) is 7.05. The van der Waals surface area contributed by atoms with E-state index in [1.54, 1.807) is 7.11 Å². The van der Waals surface area contributed by atoms with E-state index in [-0.39, 0.29) is 17.8 Å². The van der Waals surface area contributed by atoms with Crippen LogP contribution in [0.3, 0.4) is 0 Å². The van der Waals surface area contributed by atoms with Crippen molar-refractivity contribution in [1.29, 1.82) is 0 Å². The number of hydrogen-bond donors (Lipinski definition) is 0. The van der Waals surface area contributed by atoms with E-state index in [4.69, 9.17) is 18.6 Å². The average Bonchev–Trinajstić information content (AvgIpc) is 3.25. The van der Waals surface area contributed by atoms with Gasteiger partial charge in [0.25, 0.3) is 0 Å². The molecule has 0 amide bonds. The molecule has 5 nitrogen and oxygen atoms in total. The summed E-state index contributed by atoms with van der Waals surface area (Å²) in [6.45, 7) is 14.1. The van der Waals surface area contributed by atoms with Crippen LogP contribution in [0.4, 0.5) is 0 Å². The molecule has 2 saturated heterocycles. The summed E-state index contributed by atoms with van der Waals surface area (Å²) in [6, 6.07) is 1.36. The van der Waals surface area contributed by atoms with Crippen LogP contribution in [-0.4, -0.2) is 30.5 Å². The summed E-state index contributed by atoms with van der Waals surface area (Å²) in [5, 5.41) is 0. The third-order valence-electron chi connectivity index (χ3n) is 5.75. The molecule has 2 fully saturated rings. The molecule has 3 rings (SSSR count). The maximum absolute atomic E-state index is 11.8. The van der Waals surface area contributed by atoms with E-state index in [1.807, 2.05) is 26.8 Å². The van der Waals surface area contributed by atoms with Gasteiger partial charge in [0.2, 0.25) is 0 Å². The Hall–Kier alpha value is -2.11. The van der Waals surface area contributed by atoms with Gasteiger partial charge >= 0.3 is 5.63 Å². The Morgan fingerprint density at radius 2 is 1.82 bits per heavy atom. The van der Waals surface area contributed by atoms with Crippen molar-refractivity contribution in [2.75, 3.05) is 7.11 Å². The van der Waals surface area contributed by atoms with E-state index >= 15 is 0 Å². The van der Waals surface area contributed by atoms with Crippen LogP contribution < -0.4 is 10.4 Å². The first-order chi connectivity index (χ1) is 13.0. The van der Waals surface area contributed by atoms with Crippen LogP contribution in [0.15, 0.2) is 44.7 Å². The number of hydrogen-bond acceptors (Lipinski definition) is 5. The molecule has 0 bridgehead atoms. The Morgan fingerprint density at radius 3 is 2.36 bits per heavy atom. The lowest BCUT2D eigenvalue weighted by Gasteiger charge is -2.24. The average molecular weight is 386 g/mol. The molecule has 0 saturated carbocycles. The highest BCUT2D eigenvalue weighted by Gasteiger charge is 2.70. The number of fused-ring (bicyclic) bond motifs is 1. The Balaban J connectivity index is 1.84. The van der Waals surface area contributed by atoms with Crippen molar-refractivity contribution in [3.05, 3.63) is 57.2 Å². The SMILES string of the molecule is COc1cc(=O)oc(/C(C)=C/C(C)=C/C(C)=C/[C@]2(C)O[C@H](C)[C@@]3(C)O[C@@H]32)c1C. The van der Waals surface area contributed by atoms with E-state index in [0.717, 1.165) is 22.3 Å². The Kier molecular flexibility index (Phi) is 5.19. The summed E-state index contributed by atoms with van der Waals surface area (Å²) < 4.78 is 22.7. The molecule has 4 atom stereocenters. The molecular weight excluding hydrogens is 356 g/mol. The lowest BCUT2D eigenvalue weighted by molar-refractivity contribution is -0.0719. The standard InChI is InChI=1S/C23H30O5/c1-13(10-15(3)20-16(4)18(25-8)11-19(24)26-20)9-14(2)12-22(6)21-23(7,28-21)17(5)27-22/h9-12,17,21H,1-8H3/b13-9+,14-12+,15-10+/t17-,21-,22+,23-/m1/s1. The van der Waals surface area contributed by atoms with E-state index in [1.165, 1.54) is 6.07 Å². The van der Waals surface area contributed by atoms with Crippen LogP contribution in [0.2, 0.25) is 0 Å². The molecular formula is C23H30O5. The van der Waals surface area contributed by atoms with Crippen LogP contribution in [0.5, 0.6) is 5.75 Å². The summed E-state index contributed by atoms with van der Waals surface area (Å²) >= 11 is 0. The van der Waals surface area contributed by atoms with Crippen molar-refractivity contribution < 1.29 is 18.6 Å². The molecule has 0 spiro atoms. The summed E-state index contributed by atoms with van der Waals surface area (Å²) in [6.07, 6.45) is 6.41. The van der Waals surface area contributed by atoms with Gasteiger partial charge in [0.05, 0.1) is 19.3 Å². The smallest absolute Gasteiger partial charge is 0.339 e. The molecule has 0 unspecified atom stereocenters. The van der Waals surface area contributed by atoms with Crippen molar-refractivity contribution in [3.63, 3.8) is 0 Å². The molecule has 0 N–H and O–H groups in total. The lowest BCUT2D eigenvalue weighted by Crippen LogP contribution is -2.30. The normalized spacial score (nSPS) is 33.1. The molecule has 2 aliphatic rings. The topological polar surface area (TPSA) is 61.2 Å². The minimum Gasteiger partial charge on any atom is -0.496 e. The van der Waals surface area contributed by atoms with E-state index < -0.39 is 11.2 Å². The van der Waals surface area contributed by atoms with E-state index in [9.17, 15) is 4.79 Å². The summed E-state index contributed by atoms with van der Waals surface area (Å²) in [4.78, 5) is 11.8. The molecule has 0 radical (unpaired) electrons. The third kappa shape index (κ3) is 3.61. The molecule has 28 heavy (non-hydrogen) atoms. The maximum atomic E-state index is 11.8. The Bertz CT molecular complexity index is 935. The first-order valence-corrected chi connectivity index (χ1v) is 9.61. The first kappa shape index (κ1) is 20.6. The van der Waals surface area contributed by atoms with Crippen molar-refractivity contribution in [1.82, 2.24) is 0 Å². The van der Waals surface area contributed by atoms with Gasteiger partial charge in [-0.05, 0) is 60.1 Å². The molecule has 5 heteroatoms. The van der Waals surface area contributed by atoms with E-state index in [0.29, 0.717) is 11.5 Å². The van der Waals surface area contributed by atoms with Crippen molar-refractivity contribution in [2.24, 2.45) is 0 Å². The summed E-state index contributed by atoms with van der Waals surface area (Å²) in [5.41, 5.74) is 2.82. The van der Waals surface area contributed by atoms with Gasteiger partial charge < -0.3 is 18.6 Å². The van der Waals surface area contributed by atoms with Crippen LogP contribution in [-0.2, 0) is 9.47 Å². The number of ether oxygens (including phenoxy) is 3. The van der Waals surface area contributed by atoms with Gasteiger partial charge in [0.15, 0.2) is 0 Å². The van der Waals surface area contributed by atoms with Gasteiger partial charge in [-0.15, -0.1) is 0 Å². The number of rotatable bonds is 5. The van der Waals surface area contributed by atoms with Gasteiger partial charge in [-0.1, -0.05) is 23.3 Å². The van der Waals surface area contributed by atoms with Gasteiger partial charge in [-0.3, -0.25) is 0 Å². The predicted molar refractivity (Wildman–Crippen MR) is 110 cm³/mol. The maximum Gasteiger partial charge on any atom is 0.339 e. The molecule has 152 valence electrons. The fourth-order valence-electron chi connectivity index (χ4n) is 4.31. The Morgan fingerprint density at radius 1 is 1.14 bits per heavy atom. The van der Waals surface area contributed by atoms with Crippen molar-refractivity contribution in [3.8, 4) is 5.75 Å². The molecule has 0 aliphatic carbocycles. The highest BCUT2D eigenvalue weighted by Crippen LogP contribution is 2.55. The number of methoxy groups -OCH3 is 1. The zero-order valence-electron chi connectivity index (χ0n) is 18.0. The molecule has 1 aromatic heterocycles. The zero-order chi connectivity index (χ0) is 20.9. The second-order valence-corrected chi connectivity index (χ2v) is 8.32. The quantitative estimate of drug-likeness (QED) is 0.547. The van der Waals surface area contributed by atoms with E-state index in [2.05, 4.69) is 39.8 Å². The number of allylic oxidation sites excluding steroid dienone is 5. The molecule has 0 aromatic carbocycles. The van der Waals surface area contributed by atoms with Gasteiger partial charge in [0.1, 0.15) is 28.8 Å². The second-order valence-electron chi connectivity index (χ2n) is 8.32. The van der Waals surface area contributed by atoms with Crippen LogP contribution >= 0.6 is 0 Å². The van der Waals surface area contributed by atoms with Crippen LogP contribution in [0.1, 0.15) is 52.9 Å². The molecule has 2 aliphatic heterocycles. The third-order valence-corrected chi connectivity index (χ3v) is 5.75. The highest BCUT2D eigenvalue weighted by atomic mass is 16.7. The van der Waals surface area contributed by atoms with Crippen molar-refractivity contribution >= 4 is 5.57 Å². The Labute approximate surface area is 166 Å². The minimum absolute atomic E-state index is 0.0812. The minimum atomic E-state index is -0.421. The van der Waals surface area contributed by atoms with Gasteiger partial charge in [-0.2, -0.15) is 0 Å². The number of epoxide rings is 1. The largest absolute Gasteiger partial charge is 0.496 e. The monoisotopic (exact) mass is 386 g/mol. The highest BCUT2D eigenvalue weighted by molar-refractivity contribution is 5.66. The van der Waals surface area contributed by atoms with Gasteiger partial charge in [0, 0.05) is 5.56 Å². The van der Waals surface area contributed by atoms with Crippen molar-refractivity contribution in [2.45, 2.75) is 71.9 Å².